The Morgan fingerprint density at radius 1 is 1.04 bits per heavy atom. The Morgan fingerprint density at radius 3 is 2.39 bits per heavy atom. The number of hydrogen-bond donors (Lipinski definition) is 0. The van der Waals surface area contributed by atoms with Crippen molar-refractivity contribution < 1.29 is 4.74 Å². The van der Waals surface area contributed by atoms with Gasteiger partial charge in [0.1, 0.15) is 11.9 Å². The number of hydrogen-bond acceptors (Lipinski definition) is 2. The molecule has 118 valence electrons. The van der Waals surface area contributed by atoms with E-state index in [1.807, 2.05) is 54.3 Å². The van der Waals surface area contributed by atoms with Crippen LogP contribution < -0.4 is 4.74 Å². The Hall–Kier alpha value is -2.55. The molecule has 0 saturated carbocycles. The van der Waals surface area contributed by atoms with E-state index in [4.69, 9.17) is 4.74 Å². The van der Waals surface area contributed by atoms with Gasteiger partial charge in [0.25, 0.3) is 0 Å². The van der Waals surface area contributed by atoms with Gasteiger partial charge in [-0.2, -0.15) is 5.10 Å². The van der Waals surface area contributed by atoms with Crippen LogP contribution in [0.2, 0.25) is 0 Å². The summed E-state index contributed by atoms with van der Waals surface area (Å²) >= 11 is 0. The van der Waals surface area contributed by atoms with Gasteiger partial charge in [0.2, 0.25) is 0 Å². The van der Waals surface area contributed by atoms with E-state index in [0.717, 1.165) is 29.8 Å². The standard InChI is InChI=1S/C20H22N2O/c1-3-7-20(17-8-5-4-6-9-17)23-19-12-10-18(11-13-19)22-15-16(2)14-21-22/h4-6,8-15,20H,3,7H2,1-2H3. The molecule has 0 aliphatic rings. The molecule has 0 saturated heterocycles. The summed E-state index contributed by atoms with van der Waals surface area (Å²) in [6, 6.07) is 18.5. The number of aromatic nitrogens is 2. The van der Waals surface area contributed by atoms with Gasteiger partial charge in [0.15, 0.2) is 0 Å². The topological polar surface area (TPSA) is 27.1 Å². The molecule has 1 heterocycles. The zero-order chi connectivity index (χ0) is 16.1. The largest absolute Gasteiger partial charge is 0.486 e. The first kappa shape index (κ1) is 15.3. The summed E-state index contributed by atoms with van der Waals surface area (Å²) in [7, 11) is 0. The number of aryl methyl sites for hydroxylation is 1. The molecule has 1 unspecified atom stereocenters. The molecule has 0 radical (unpaired) electrons. The third kappa shape index (κ3) is 3.81. The average molecular weight is 306 g/mol. The molecule has 2 aromatic carbocycles. The summed E-state index contributed by atoms with van der Waals surface area (Å²) in [5.41, 5.74) is 3.41. The zero-order valence-electron chi connectivity index (χ0n) is 13.6. The fourth-order valence-electron chi connectivity index (χ4n) is 2.62. The Balaban J connectivity index is 1.76. The monoisotopic (exact) mass is 306 g/mol. The third-order valence-electron chi connectivity index (χ3n) is 3.81. The fourth-order valence-corrected chi connectivity index (χ4v) is 2.62. The first-order valence-corrected chi connectivity index (χ1v) is 8.09. The molecule has 1 atom stereocenters. The molecular formula is C20H22N2O. The molecule has 0 N–H and O–H groups in total. The lowest BCUT2D eigenvalue weighted by Gasteiger charge is -2.19. The number of nitrogens with zero attached hydrogens (tertiary/aromatic N) is 2. The summed E-state index contributed by atoms with van der Waals surface area (Å²) < 4.78 is 8.08. The van der Waals surface area contributed by atoms with E-state index in [9.17, 15) is 0 Å². The van der Waals surface area contributed by atoms with Crippen LogP contribution in [0.15, 0.2) is 67.0 Å². The molecule has 0 bridgehead atoms. The van der Waals surface area contributed by atoms with E-state index in [0.29, 0.717) is 0 Å². The van der Waals surface area contributed by atoms with Crippen LogP contribution >= 0.6 is 0 Å². The van der Waals surface area contributed by atoms with Crippen LogP contribution in [0.25, 0.3) is 5.69 Å². The first-order valence-electron chi connectivity index (χ1n) is 8.09. The summed E-state index contributed by atoms with van der Waals surface area (Å²) in [5.74, 6) is 0.889. The van der Waals surface area contributed by atoms with Crippen molar-refractivity contribution in [3.63, 3.8) is 0 Å². The van der Waals surface area contributed by atoms with Crippen molar-refractivity contribution in [3.05, 3.63) is 78.1 Å². The lowest BCUT2D eigenvalue weighted by Crippen LogP contribution is -2.07. The van der Waals surface area contributed by atoms with Gasteiger partial charge in [-0.05, 0) is 48.7 Å². The maximum Gasteiger partial charge on any atom is 0.124 e. The van der Waals surface area contributed by atoms with Crippen molar-refractivity contribution in [2.75, 3.05) is 0 Å². The van der Waals surface area contributed by atoms with Gasteiger partial charge in [-0.1, -0.05) is 43.7 Å². The van der Waals surface area contributed by atoms with Crippen molar-refractivity contribution in [1.29, 1.82) is 0 Å². The van der Waals surface area contributed by atoms with Crippen LogP contribution in [0.4, 0.5) is 0 Å². The van der Waals surface area contributed by atoms with Crippen LogP contribution in [0.3, 0.4) is 0 Å². The Kier molecular flexibility index (Phi) is 4.77. The number of ether oxygens (including phenoxy) is 1. The highest BCUT2D eigenvalue weighted by molar-refractivity contribution is 5.37. The van der Waals surface area contributed by atoms with Crippen molar-refractivity contribution in [2.45, 2.75) is 32.8 Å². The number of rotatable bonds is 6. The minimum Gasteiger partial charge on any atom is -0.486 e. The van der Waals surface area contributed by atoms with E-state index in [1.165, 1.54) is 5.56 Å². The van der Waals surface area contributed by atoms with Crippen LogP contribution in [0.5, 0.6) is 5.75 Å². The summed E-state index contributed by atoms with van der Waals surface area (Å²) in [6.45, 7) is 4.22. The summed E-state index contributed by atoms with van der Waals surface area (Å²) in [5, 5.41) is 4.33. The molecule has 0 amide bonds. The minimum absolute atomic E-state index is 0.0963. The summed E-state index contributed by atoms with van der Waals surface area (Å²) in [6.07, 6.45) is 6.06. The Morgan fingerprint density at radius 2 is 1.78 bits per heavy atom. The molecule has 23 heavy (non-hydrogen) atoms. The van der Waals surface area contributed by atoms with Gasteiger partial charge in [0, 0.05) is 6.20 Å². The number of benzene rings is 2. The molecule has 3 aromatic rings. The zero-order valence-corrected chi connectivity index (χ0v) is 13.6. The molecule has 0 fully saturated rings. The van der Waals surface area contributed by atoms with E-state index in [1.54, 1.807) is 0 Å². The smallest absolute Gasteiger partial charge is 0.124 e. The fraction of sp³-hybridized carbons (Fsp3) is 0.250. The Bertz CT molecular complexity index is 732. The van der Waals surface area contributed by atoms with Crippen molar-refractivity contribution in [1.82, 2.24) is 9.78 Å². The quantitative estimate of drug-likeness (QED) is 0.633. The van der Waals surface area contributed by atoms with Crippen molar-refractivity contribution >= 4 is 0 Å². The predicted octanol–water partition coefficient (Wildman–Crippen LogP) is 5.10. The molecule has 3 nitrogen and oxygen atoms in total. The molecule has 0 spiro atoms. The van der Waals surface area contributed by atoms with Crippen molar-refractivity contribution in [3.8, 4) is 11.4 Å². The third-order valence-corrected chi connectivity index (χ3v) is 3.81. The minimum atomic E-state index is 0.0963. The lowest BCUT2D eigenvalue weighted by molar-refractivity contribution is 0.194. The van der Waals surface area contributed by atoms with Gasteiger partial charge in [0.05, 0.1) is 11.9 Å². The first-order chi connectivity index (χ1) is 11.3. The molecule has 0 aliphatic carbocycles. The van der Waals surface area contributed by atoms with Gasteiger partial charge in [-0.25, -0.2) is 4.68 Å². The highest BCUT2D eigenvalue weighted by Crippen LogP contribution is 2.26. The normalized spacial score (nSPS) is 12.1. The molecule has 1 aromatic heterocycles. The highest BCUT2D eigenvalue weighted by Gasteiger charge is 2.12. The van der Waals surface area contributed by atoms with E-state index < -0.39 is 0 Å². The maximum atomic E-state index is 6.21. The van der Waals surface area contributed by atoms with Gasteiger partial charge < -0.3 is 4.74 Å². The second-order valence-electron chi connectivity index (χ2n) is 5.76. The lowest BCUT2D eigenvalue weighted by atomic mass is 10.1. The van der Waals surface area contributed by atoms with Gasteiger partial charge >= 0.3 is 0 Å². The molecule has 3 rings (SSSR count). The molecule has 0 aliphatic heterocycles. The second kappa shape index (κ2) is 7.14. The molecule has 3 heteroatoms. The Labute approximate surface area is 137 Å². The van der Waals surface area contributed by atoms with Crippen LogP contribution in [0.1, 0.15) is 37.0 Å². The second-order valence-corrected chi connectivity index (χ2v) is 5.76. The van der Waals surface area contributed by atoms with Gasteiger partial charge in [-0.3, -0.25) is 0 Å². The highest BCUT2D eigenvalue weighted by atomic mass is 16.5. The summed E-state index contributed by atoms with van der Waals surface area (Å²) in [4.78, 5) is 0. The van der Waals surface area contributed by atoms with Crippen LogP contribution in [-0.2, 0) is 0 Å². The van der Waals surface area contributed by atoms with Crippen LogP contribution in [-0.4, -0.2) is 9.78 Å². The average Bonchev–Trinajstić information content (AvgIpc) is 3.02. The van der Waals surface area contributed by atoms with Gasteiger partial charge in [-0.15, -0.1) is 0 Å². The van der Waals surface area contributed by atoms with E-state index in [2.05, 4.69) is 36.3 Å². The van der Waals surface area contributed by atoms with Crippen LogP contribution in [0, 0.1) is 6.92 Å². The van der Waals surface area contributed by atoms with E-state index >= 15 is 0 Å². The SMILES string of the molecule is CCCC(Oc1ccc(-n2cc(C)cn2)cc1)c1ccccc1. The maximum absolute atomic E-state index is 6.21. The molecular weight excluding hydrogens is 284 g/mol. The van der Waals surface area contributed by atoms with Crippen molar-refractivity contribution in [2.24, 2.45) is 0 Å². The predicted molar refractivity (Wildman–Crippen MR) is 93.0 cm³/mol. The van der Waals surface area contributed by atoms with E-state index in [-0.39, 0.29) is 6.10 Å².